The molecule has 6 heterocycles. The van der Waals surface area contributed by atoms with Crippen LogP contribution in [-0.2, 0) is 17.6 Å². The molecular formula is C26H34N4O. The lowest BCUT2D eigenvalue weighted by Gasteiger charge is -2.77. The third-order valence-electron chi connectivity index (χ3n) is 8.43. The maximum absolute atomic E-state index is 6.97. The lowest BCUT2D eigenvalue weighted by atomic mass is 9.46. The van der Waals surface area contributed by atoms with Gasteiger partial charge in [-0.2, -0.15) is 0 Å². The van der Waals surface area contributed by atoms with Crippen LogP contribution in [0.3, 0.4) is 0 Å². The quantitative estimate of drug-likeness (QED) is 0.706. The van der Waals surface area contributed by atoms with Gasteiger partial charge in [-0.25, -0.2) is 0 Å². The van der Waals surface area contributed by atoms with E-state index in [1.807, 2.05) is 24.5 Å². The van der Waals surface area contributed by atoms with Crippen LogP contribution in [0, 0.1) is 16.2 Å². The number of nitrogens with zero attached hydrogens (tertiary/aromatic N) is 4. The van der Waals surface area contributed by atoms with Gasteiger partial charge in [-0.15, -0.1) is 0 Å². The number of ether oxygens (including phenoxy) is 1. The zero-order chi connectivity index (χ0) is 21.3. The zero-order valence-electron chi connectivity index (χ0n) is 19.0. The van der Waals surface area contributed by atoms with Crippen LogP contribution in [0.15, 0.2) is 48.8 Å². The summed E-state index contributed by atoms with van der Waals surface area (Å²) in [5.41, 5.74) is 3.13. The molecule has 0 amide bonds. The molecule has 31 heavy (non-hydrogen) atoms. The highest BCUT2D eigenvalue weighted by molar-refractivity contribution is 5.19. The van der Waals surface area contributed by atoms with Crippen LogP contribution in [0.5, 0.6) is 0 Å². The third kappa shape index (κ3) is 3.00. The number of piperidine rings is 2. The number of pyridine rings is 2. The average Bonchev–Trinajstić information content (AvgIpc) is 2.74. The number of rotatable bonds is 6. The van der Waals surface area contributed by atoms with E-state index in [1.165, 1.54) is 30.7 Å². The Morgan fingerprint density at radius 3 is 1.71 bits per heavy atom. The molecule has 4 saturated heterocycles. The molecule has 4 aliphatic heterocycles. The second-order valence-corrected chi connectivity index (χ2v) is 11.3. The summed E-state index contributed by atoms with van der Waals surface area (Å²) in [6.45, 7) is 9.52. The van der Waals surface area contributed by atoms with E-state index in [9.17, 15) is 0 Å². The van der Waals surface area contributed by atoms with Crippen molar-refractivity contribution in [1.82, 2.24) is 19.8 Å². The van der Waals surface area contributed by atoms with Gasteiger partial charge in [-0.3, -0.25) is 19.8 Å². The number of hydrogen-bond donors (Lipinski definition) is 0. The van der Waals surface area contributed by atoms with Crippen molar-refractivity contribution in [3.8, 4) is 0 Å². The second kappa shape index (κ2) is 6.84. The first kappa shape index (κ1) is 19.8. The fraction of sp³-hybridized carbons (Fsp3) is 0.615. The highest BCUT2D eigenvalue weighted by Gasteiger charge is 2.73. The fourth-order valence-electron chi connectivity index (χ4n) is 8.20. The Morgan fingerprint density at radius 1 is 0.774 bits per heavy atom. The van der Waals surface area contributed by atoms with E-state index in [2.05, 4.69) is 64.8 Å². The van der Waals surface area contributed by atoms with Crippen molar-refractivity contribution in [2.45, 2.75) is 71.5 Å². The van der Waals surface area contributed by atoms with Gasteiger partial charge in [0.25, 0.3) is 0 Å². The van der Waals surface area contributed by atoms with Gasteiger partial charge in [-0.05, 0) is 48.9 Å². The van der Waals surface area contributed by atoms with Crippen molar-refractivity contribution in [3.05, 3.63) is 60.2 Å². The van der Waals surface area contributed by atoms with E-state index < -0.39 is 0 Å². The van der Waals surface area contributed by atoms with Gasteiger partial charge in [0.15, 0.2) is 0 Å². The van der Waals surface area contributed by atoms with Gasteiger partial charge in [0, 0.05) is 60.5 Å². The molecule has 5 aliphatic rings. The van der Waals surface area contributed by atoms with E-state index in [-0.39, 0.29) is 23.3 Å². The first-order valence-corrected chi connectivity index (χ1v) is 11.9. The van der Waals surface area contributed by atoms with Crippen LogP contribution in [0.25, 0.3) is 0 Å². The van der Waals surface area contributed by atoms with E-state index >= 15 is 0 Å². The molecule has 5 nitrogen and oxygen atoms in total. The van der Waals surface area contributed by atoms with E-state index in [0.717, 1.165) is 25.9 Å². The molecule has 5 fully saturated rings. The first-order chi connectivity index (χ1) is 14.9. The number of hydrogen-bond acceptors (Lipinski definition) is 5. The summed E-state index contributed by atoms with van der Waals surface area (Å²) in [7, 11) is 0. The minimum absolute atomic E-state index is 0.221. The Labute approximate surface area is 185 Å². The van der Waals surface area contributed by atoms with Crippen LogP contribution < -0.4 is 0 Å². The van der Waals surface area contributed by atoms with E-state index in [4.69, 9.17) is 4.74 Å². The summed E-state index contributed by atoms with van der Waals surface area (Å²) in [6, 6.07) is 12.5. The third-order valence-corrected chi connectivity index (χ3v) is 8.43. The normalized spacial score (nSPS) is 41.2. The summed E-state index contributed by atoms with van der Waals surface area (Å²) in [5.74, 6) is 0. The average molecular weight is 419 g/mol. The van der Waals surface area contributed by atoms with Gasteiger partial charge in [0.2, 0.25) is 0 Å². The predicted molar refractivity (Wildman–Crippen MR) is 120 cm³/mol. The lowest BCUT2D eigenvalue weighted by molar-refractivity contribution is -0.424. The van der Waals surface area contributed by atoms with Crippen molar-refractivity contribution in [2.24, 2.45) is 16.2 Å². The van der Waals surface area contributed by atoms with Gasteiger partial charge in [0.1, 0.15) is 12.5 Å². The van der Waals surface area contributed by atoms with Crippen LogP contribution in [0.1, 0.15) is 51.4 Å². The molecule has 0 radical (unpaired) electrons. The summed E-state index contributed by atoms with van der Waals surface area (Å²) < 4.78 is 6.97. The zero-order valence-corrected chi connectivity index (χ0v) is 19.0. The highest BCUT2D eigenvalue weighted by atomic mass is 16.5. The Bertz CT molecular complexity index is 873. The summed E-state index contributed by atoms with van der Waals surface area (Å²) in [6.07, 6.45) is 10.4. The highest BCUT2D eigenvalue weighted by Crippen LogP contribution is 2.70. The molecule has 0 aromatic carbocycles. The molecule has 4 atom stereocenters. The fourth-order valence-corrected chi connectivity index (χ4v) is 8.20. The molecule has 1 aliphatic carbocycles. The van der Waals surface area contributed by atoms with E-state index in [1.54, 1.807) is 0 Å². The van der Waals surface area contributed by atoms with Gasteiger partial charge in [0.05, 0.1) is 6.17 Å². The van der Waals surface area contributed by atoms with Crippen molar-refractivity contribution in [1.29, 1.82) is 0 Å². The van der Waals surface area contributed by atoms with Crippen LogP contribution in [-0.4, -0.2) is 51.5 Å². The maximum atomic E-state index is 6.97. The molecule has 1 saturated carbocycles. The lowest BCUT2D eigenvalue weighted by Crippen LogP contribution is -2.84. The molecule has 7 rings (SSSR count). The van der Waals surface area contributed by atoms with Crippen LogP contribution >= 0.6 is 0 Å². The van der Waals surface area contributed by atoms with Crippen LogP contribution in [0.4, 0.5) is 0 Å². The van der Waals surface area contributed by atoms with Gasteiger partial charge in [-0.1, -0.05) is 32.9 Å². The minimum Gasteiger partial charge on any atom is -0.344 e. The smallest absolute Gasteiger partial charge is 0.119 e. The first-order valence-electron chi connectivity index (χ1n) is 11.9. The molecule has 5 heteroatoms. The SMILES string of the molecule is CC12CC3(C)CC(C)(C1)C1N(CCc4ccccn4)C2OC3N1CCc1ccccn1. The standard InChI is InChI=1S/C26H34N4O/c1-24-16-25(2)18-26(3,17-24)23-30(15-11-20-9-5-7-13-28-20)21(24)29(22(25)31-23)14-10-19-8-4-6-12-27-19/h4-9,12-13,21-23H,10-11,14-18H2,1-3H3. The summed E-state index contributed by atoms with van der Waals surface area (Å²) in [5, 5.41) is 0. The summed E-state index contributed by atoms with van der Waals surface area (Å²) in [4.78, 5) is 14.6. The van der Waals surface area contributed by atoms with Crippen molar-refractivity contribution in [3.63, 3.8) is 0 Å². The largest absolute Gasteiger partial charge is 0.344 e. The Balaban J connectivity index is 1.32. The van der Waals surface area contributed by atoms with E-state index in [0.29, 0.717) is 11.6 Å². The Hall–Kier alpha value is -1.82. The van der Waals surface area contributed by atoms with Crippen molar-refractivity contribution in [2.75, 3.05) is 13.1 Å². The second-order valence-electron chi connectivity index (χ2n) is 11.3. The van der Waals surface area contributed by atoms with Crippen molar-refractivity contribution >= 4 is 0 Å². The molecule has 2 aromatic heterocycles. The molecule has 0 N–H and O–H groups in total. The van der Waals surface area contributed by atoms with Crippen molar-refractivity contribution < 1.29 is 4.74 Å². The molecule has 6 bridgehead atoms. The number of aromatic nitrogens is 2. The van der Waals surface area contributed by atoms with Gasteiger partial charge < -0.3 is 4.74 Å². The molecule has 4 unspecified atom stereocenters. The van der Waals surface area contributed by atoms with Crippen LogP contribution in [0.2, 0.25) is 0 Å². The predicted octanol–water partition coefficient (Wildman–Crippen LogP) is 4.10. The Morgan fingerprint density at radius 2 is 1.26 bits per heavy atom. The maximum Gasteiger partial charge on any atom is 0.119 e. The monoisotopic (exact) mass is 418 g/mol. The molecule has 164 valence electrons. The molecule has 0 spiro atoms. The molecular weight excluding hydrogens is 384 g/mol. The van der Waals surface area contributed by atoms with Gasteiger partial charge >= 0.3 is 0 Å². The summed E-state index contributed by atoms with van der Waals surface area (Å²) >= 11 is 0. The molecule has 2 aromatic rings. The minimum atomic E-state index is 0.221. The Kier molecular flexibility index (Phi) is 4.37. The topological polar surface area (TPSA) is 41.5 Å².